The molecule has 0 aliphatic carbocycles. The van der Waals surface area contributed by atoms with Gasteiger partial charge in [0, 0.05) is 54.4 Å². The average Bonchev–Trinajstić information content (AvgIpc) is 3.16. The van der Waals surface area contributed by atoms with Crippen LogP contribution in [0.2, 0.25) is 0 Å². The molecule has 3 heterocycles. The van der Waals surface area contributed by atoms with Crippen LogP contribution in [0.5, 0.6) is 5.75 Å². The van der Waals surface area contributed by atoms with E-state index in [1.807, 2.05) is 6.07 Å². The molecule has 3 aromatic rings. The summed E-state index contributed by atoms with van der Waals surface area (Å²) in [6, 6.07) is 10.1. The van der Waals surface area contributed by atoms with Crippen molar-refractivity contribution in [3.8, 4) is 5.75 Å². The Balaban J connectivity index is 1.35. The quantitative estimate of drug-likeness (QED) is 0.491. The van der Waals surface area contributed by atoms with Crippen LogP contribution in [0.1, 0.15) is 29.7 Å². The Bertz CT molecular complexity index is 1150. The molecule has 0 saturated carbocycles. The first-order chi connectivity index (χ1) is 15.0. The Morgan fingerprint density at radius 2 is 2.03 bits per heavy atom. The van der Waals surface area contributed by atoms with Crippen molar-refractivity contribution in [2.24, 2.45) is 0 Å². The van der Waals surface area contributed by atoms with Crippen LogP contribution < -0.4 is 10.1 Å². The first kappa shape index (κ1) is 20.0. The summed E-state index contributed by atoms with van der Waals surface area (Å²) in [6.07, 6.45) is 2.80. The van der Waals surface area contributed by atoms with Gasteiger partial charge in [0.1, 0.15) is 11.6 Å². The number of aromatic amines is 1. The molecular formula is C23H25FN4O3. The Morgan fingerprint density at radius 1 is 1.23 bits per heavy atom. The molecule has 0 unspecified atom stereocenters. The number of non-ortho nitro benzene ring substituents is 1. The molecule has 8 heteroatoms. The Hall–Kier alpha value is -2.97. The highest BCUT2D eigenvalue weighted by molar-refractivity contribution is 5.86. The van der Waals surface area contributed by atoms with Gasteiger partial charge in [-0.3, -0.25) is 15.0 Å². The summed E-state index contributed by atoms with van der Waals surface area (Å²) in [7, 11) is 1.69. The molecule has 1 fully saturated rings. The third-order valence-electron chi connectivity index (χ3n) is 6.78. The Labute approximate surface area is 179 Å². The van der Waals surface area contributed by atoms with Crippen molar-refractivity contribution in [2.75, 3.05) is 26.7 Å². The van der Waals surface area contributed by atoms with Crippen molar-refractivity contribution < 1.29 is 14.1 Å². The molecule has 0 amide bonds. The highest BCUT2D eigenvalue weighted by atomic mass is 19.1. The predicted molar refractivity (Wildman–Crippen MR) is 116 cm³/mol. The minimum absolute atomic E-state index is 0.107. The molecule has 7 nitrogen and oxygen atoms in total. The minimum Gasteiger partial charge on any atom is -0.497 e. The zero-order valence-electron chi connectivity index (χ0n) is 17.4. The van der Waals surface area contributed by atoms with E-state index >= 15 is 0 Å². The number of benzene rings is 2. The van der Waals surface area contributed by atoms with Crippen LogP contribution >= 0.6 is 0 Å². The van der Waals surface area contributed by atoms with Crippen LogP contribution in [0, 0.1) is 15.9 Å². The van der Waals surface area contributed by atoms with Crippen LogP contribution in [0.15, 0.2) is 36.4 Å². The van der Waals surface area contributed by atoms with Crippen molar-refractivity contribution in [1.29, 1.82) is 0 Å². The zero-order chi connectivity index (χ0) is 21.6. The molecule has 162 valence electrons. The van der Waals surface area contributed by atoms with E-state index in [-0.39, 0.29) is 11.2 Å². The summed E-state index contributed by atoms with van der Waals surface area (Å²) in [4.78, 5) is 16.1. The minimum atomic E-state index is -0.570. The van der Waals surface area contributed by atoms with E-state index in [1.54, 1.807) is 7.11 Å². The fraction of sp³-hybridized carbons (Fsp3) is 0.391. The van der Waals surface area contributed by atoms with Gasteiger partial charge < -0.3 is 15.0 Å². The topological polar surface area (TPSA) is 83.4 Å². The predicted octanol–water partition coefficient (Wildman–Crippen LogP) is 3.86. The van der Waals surface area contributed by atoms with E-state index in [0.717, 1.165) is 56.2 Å². The van der Waals surface area contributed by atoms with Gasteiger partial charge in [-0.05, 0) is 49.1 Å². The molecule has 2 aliphatic rings. The van der Waals surface area contributed by atoms with Crippen molar-refractivity contribution in [1.82, 2.24) is 15.2 Å². The first-order valence-corrected chi connectivity index (χ1v) is 10.6. The molecule has 2 N–H and O–H groups in total. The number of nitro benzene ring substituents is 1. The largest absolute Gasteiger partial charge is 0.497 e. The summed E-state index contributed by atoms with van der Waals surface area (Å²) in [5.41, 5.74) is 3.93. The van der Waals surface area contributed by atoms with E-state index in [4.69, 9.17) is 4.74 Å². The van der Waals surface area contributed by atoms with Gasteiger partial charge in [0.25, 0.3) is 5.69 Å². The number of halogens is 1. The van der Waals surface area contributed by atoms with Crippen molar-refractivity contribution in [3.63, 3.8) is 0 Å². The molecule has 1 aromatic heterocycles. The SMILES string of the molecule is COc1ccc2[nH]c3c(c2c1)CCNC31CCN(Cc2ccc([N+](=O)[O-])cc2F)CC1. The number of H-pyrrole nitrogens is 1. The number of fused-ring (bicyclic) bond motifs is 4. The van der Waals surface area contributed by atoms with E-state index in [0.29, 0.717) is 12.1 Å². The van der Waals surface area contributed by atoms with E-state index in [1.165, 1.54) is 28.8 Å². The summed E-state index contributed by atoms with van der Waals surface area (Å²) < 4.78 is 19.7. The smallest absolute Gasteiger partial charge is 0.272 e. The number of ether oxygens (including phenoxy) is 1. The third-order valence-corrected chi connectivity index (χ3v) is 6.78. The molecule has 5 rings (SSSR count). The summed E-state index contributed by atoms with van der Waals surface area (Å²) >= 11 is 0. The van der Waals surface area contributed by atoms with Gasteiger partial charge in [0.05, 0.1) is 23.6 Å². The number of methoxy groups -OCH3 is 1. The summed E-state index contributed by atoms with van der Waals surface area (Å²) in [5, 5.41) is 15.8. The first-order valence-electron chi connectivity index (χ1n) is 10.6. The number of rotatable bonds is 4. The fourth-order valence-corrected chi connectivity index (χ4v) is 5.08. The van der Waals surface area contributed by atoms with Gasteiger partial charge in [-0.25, -0.2) is 4.39 Å². The van der Waals surface area contributed by atoms with Gasteiger partial charge >= 0.3 is 0 Å². The number of aromatic nitrogens is 1. The van der Waals surface area contributed by atoms with Crippen LogP contribution in [-0.4, -0.2) is 41.6 Å². The van der Waals surface area contributed by atoms with Gasteiger partial charge in [-0.15, -0.1) is 0 Å². The van der Waals surface area contributed by atoms with Gasteiger partial charge in [-0.1, -0.05) is 0 Å². The van der Waals surface area contributed by atoms with Crippen LogP contribution in [0.4, 0.5) is 10.1 Å². The second kappa shape index (κ2) is 7.62. The highest BCUT2D eigenvalue weighted by Crippen LogP contribution is 2.41. The Kier molecular flexibility index (Phi) is 4.91. The molecule has 1 spiro atoms. The average molecular weight is 424 g/mol. The molecule has 1 saturated heterocycles. The van der Waals surface area contributed by atoms with Crippen LogP contribution in [0.3, 0.4) is 0 Å². The summed E-state index contributed by atoms with van der Waals surface area (Å²) in [6.45, 7) is 3.02. The molecule has 0 radical (unpaired) electrons. The number of piperidine rings is 1. The fourth-order valence-electron chi connectivity index (χ4n) is 5.08. The van der Waals surface area contributed by atoms with Crippen molar-refractivity contribution in [3.05, 3.63) is 69.2 Å². The monoisotopic (exact) mass is 424 g/mol. The maximum atomic E-state index is 14.3. The number of nitrogens with zero attached hydrogens (tertiary/aromatic N) is 2. The van der Waals surface area contributed by atoms with Crippen LogP contribution in [-0.2, 0) is 18.5 Å². The zero-order valence-corrected chi connectivity index (χ0v) is 17.4. The lowest BCUT2D eigenvalue weighted by Crippen LogP contribution is -2.54. The highest BCUT2D eigenvalue weighted by Gasteiger charge is 2.41. The Morgan fingerprint density at radius 3 is 2.74 bits per heavy atom. The molecule has 31 heavy (non-hydrogen) atoms. The number of hydrogen-bond acceptors (Lipinski definition) is 5. The number of likely N-dealkylation sites (tertiary alicyclic amines) is 1. The number of hydrogen-bond donors (Lipinski definition) is 2. The second-order valence-electron chi connectivity index (χ2n) is 8.46. The van der Waals surface area contributed by atoms with Gasteiger partial charge in [0.2, 0.25) is 0 Å². The molecule has 0 atom stereocenters. The normalized spacial score (nSPS) is 18.3. The summed E-state index contributed by atoms with van der Waals surface area (Å²) in [5.74, 6) is 0.346. The van der Waals surface area contributed by atoms with E-state index < -0.39 is 10.7 Å². The maximum Gasteiger partial charge on any atom is 0.272 e. The van der Waals surface area contributed by atoms with Gasteiger partial charge in [-0.2, -0.15) is 0 Å². The molecule has 2 aliphatic heterocycles. The molecule has 2 aromatic carbocycles. The number of nitrogens with one attached hydrogen (secondary N) is 2. The van der Waals surface area contributed by atoms with E-state index in [9.17, 15) is 14.5 Å². The molecule has 0 bridgehead atoms. The van der Waals surface area contributed by atoms with E-state index in [2.05, 4.69) is 27.3 Å². The third kappa shape index (κ3) is 3.45. The standard InChI is InChI=1S/C23H25FN4O3/c1-31-17-4-5-21-19(13-17)18-6-9-25-23(22(18)26-21)7-10-27(11-8-23)14-15-2-3-16(28(29)30)12-20(15)24/h2-5,12-13,25-26H,6-11,14H2,1H3. The lowest BCUT2D eigenvalue weighted by Gasteiger charge is -2.45. The van der Waals surface area contributed by atoms with Crippen molar-refractivity contribution in [2.45, 2.75) is 31.3 Å². The maximum absolute atomic E-state index is 14.3. The van der Waals surface area contributed by atoms with Crippen LogP contribution in [0.25, 0.3) is 10.9 Å². The van der Waals surface area contributed by atoms with Gasteiger partial charge in [0.15, 0.2) is 0 Å². The number of nitro groups is 1. The van der Waals surface area contributed by atoms with Crippen molar-refractivity contribution >= 4 is 16.6 Å². The second-order valence-corrected chi connectivity index (χ2v) is 8.46. The lowest BCUT2D eigenvalue weighted by atomic mass is 9.79. The molecular weight excluding hydrogens is 399 g/mol. The lowest BCUT2D eigenvalue weighted by molar-refractivity contribution is -0.385.